The highest BCUT2D eigenvalue weighted by atomic mass is 16.8. The Labute approximate surface area is 254 Å². The van der Waals surface area contributed by atoms with Crippen LogP contribution in [0.5, 0.6) is 11.5 Å². The van der Waals surface area contributed by atoms with Crippen molar-refractivity contribution in [2.45, 2.75) is 113 Å². The molecule has 43 heavy (non-hydrogen) atoms. The van der Waals surface area contributed by atoms with Crippen molar-refractivity contribution >= 4 is 24.4 Å². The zero-order chi connectivity index (χ0) is 33.2. The van der Waals surface area contributed by atoms with E-state index in [2.05, 4.69) is 0 Å². The van der Waals surface area contributed by atoms with Crippen molar-refractivity contribution in [2.75, 3.05) is 13.2 Å². The summed E-state index contributed by atoms with van der Waals surface area (Å²) in [6, 6.07) is 3.22. The molecule has 0 spiro atoms. The molecule has 244 valence electrons. The quantitative estimate of drug-likeness (QED) is 0.159. The lowest BCUT2D eigenvalue weighted by Crippen LogP contribution is -2.40. The Kier molecular flexibility index (Phi) is 13.8. The summed E-state index contributed by atoms with van der Waals surface area (Å²) in [6.07, 6.45) is -3.90. The van der Waals surface area contributed by atoms with Crippen LogP contribution >= 0.6 is 0 Å². The van der Waals surface area contributed by atoms with E-state index in [1.54, 1.807) is 33.8 Å². The largest absolute Gasteiger partial charge is 0.513 e. The normalized spacial score (nSPS) is 14.0. The summed E-state index contributed by atoms with van der Waals surface area (Å²) >= 11 is 0. The molecule has 0 aliphatic heterocycles. The van der Waals surface area contributed by atoms with Gasteiger partial charge in [0.25, 0.3) is 0 Å². The molecule has 12 heteroatoms. The molecule has 3 atom stereocenters. The molecule has 1 aromatic rings. The number of hydrogen-bond acceptors (Lipinski definition) is 12. The second kappa shape index (κ2) is 15.8. The Hall–Kier alpha value is -3.54. The SMILES string of the molecule is CCC(C)(C)OC(=O)O[C@@H](C)[C@H](C)OC(=O)[C@@H](N)Cc1ccc(OC(=O)OCC(C)(C)C)c(OC(=O)OCC(C)(C)C)c1. The molecule has 1 rings (SSSR count). The summed E-state index contributed by atoms with van der Waals surface area (Å²) in [4.78, 5) is 49.5. The van der Waals surface area contributed by atoms with Gasteiger partial charge in [0.1, 0.15) is 23.9 Å². The summed E-state index contributed by atoms with van der Waals surface area (Å²) in [5.41, 5.74) is 5.28. The zero-order valence-electron chi connectivity index (χ0n) is 27.4. The number of carbonyl (C=O) groups is 4. The topological polar surface area (TPSA) is 159 Å². The first-order valence-electron chi connectivity index (χ1n) is 14.3. The van der Waals surface area contributed by atoms with Crippen molar-refractivity contribution in [1.82, 2.24) is 0 Å². The summed E-state index contributed by atoms with van der Waals surface area (Å²) in [7, 11) is 0. The number of nitrogens with two attached hydrogens (primary N) is 1. The van der Waals surface area contributed by atoms with E-state index < -0.39 is 48.3 Å². The predicted molar refractivity (Wildman–Crippen MR) is 158 cm³/mol. The van der Waals surface area contributed by atoms with Gasteiger partial charge in [0, 0.05) is 0 Å². The minimum Gasteiger partial charge on any atom is -0.458 e. The highest BCUT2D eigenvalue weighted by Gasteiger charge is 2.28. The van der Waals surface area contributed by atoms with Crippen LogP contribution in [0.4, 0.5) is 14.4 Å². The standard InChI is InChI=1S/C31H49NO11/c1-12-31(10,11)43-28(36)40-20(3)19(2)39-25(33)22(32)15-21-13-14-23(41-26(34)37-17-29(4,5)6)24(16-21)42-27(35)38-18-30(7,8)9/h13-14,16,19-20,22H,12,15,17-18,32H2,1-11H3/t19-,20-,22-/m0/s1. The van der Waals surface area contributed by atoms with Gasteiger partial charge in [-0.1, -0.05) is 54.5 Å². The second-order valence-electron chi connectivity index (χ2n) is 13.4. The number of ether oxygens (including phenoxy) is 7. The third-order valence-electron chi connectivity index (χ3n) is 5.86. The molecule has 0 amide bonds. The molecular formula is C31H49NO11. The Morgan fingerprint density at radius 3 is 1.72 bits per heavy atom. The maximum absolute atomic E-state index is 12.7. The molecule has 0 unspecified atom stereocenters. The van der Waals surface area contributed by atoms with Crippen molar-refractivity contribution in [2.24, 2.45) is 16.6 Å². The average molecular weight is 612 g/mol. The van der Waals surface area contributed by atoms with Gasteiger partial charge in [0.2, 0.25) is 0 Å². The van der Waals surface area contributed by atoms with Crippen LogP contribution in [0.2, 0.25) is 0 Å². The Morgan fingerprint density at radius 2 is 1.23 bits per heavy atom. The van der Waals surface area contributed by atoms with Crippen molar-refractivity contribution in [3.8, 4) is 11.5 Å². The Bertz CT molecular complexity index is 1100. The molecule has 2 N–H and O–H groups in total. The van der Waals surface area contributed by atoms with Gasteiger partial charge in [0.15, 0.2) is 11.5 Å². The molecule has 0 radical (unpaired) electrons. The van der Waals surface area contributed by atoms with Gasteiger partial charge in [-0.25, -0.2) is 14.4 Å². The highest BCUT2D eigenvalue weighted by molar-refractivity contribution is 5.76. The van der Waals surface area contributed by atoms with Gasteiger partial charge >= 0.3 is 24.4 Å². The fourth-order valence-electron chi connectivity index (χ4n) is 2.91. The van der Waals surface area contributed by atoms with Crippen LogP contribution in [0.1, 0.15) is 88.1 Å². The van der Waals surface area contributed by atoms with Crippen LogP contribution in [0.15, 0.2) is 18.2 Å². The summed E-state index contributed by atoms with van der Waals surface area (Å²) in [5, 5.41) is 0. The van der Waals surface area contributed by atoms with Crippen molar-refractivity contribution in [1.29, 1.82) is 0 Å². The number of esters is 1. The summed E-state index contributed by atoms with van der Waals surface area (Å²) in [6.45, 7) is 20.0. The molecule has 0 saturated carbocycles. The molecular weight excluding hydrogens is 562 g/mol. The van der Waals surface area contributed by atoms with E-state index in [0.717, 1.165) is 0 Å². The van der Waals surface area contributed by atoms with Gasteiger partial charge < -0.3 is 38.9 Å². The molecule has 0 aliphatic rings. The lowest BCUT2D eigenvalue weighted by Gasteiger charge is -2.26. The molecule has 0 saturated heterocycles. The fourth-order valence-corrected chi connectivity index (χ4v) is 2.91. The maximum Gasteiger partial charge on any atom is 0.513 e. The number of benzene rings is 1. The monoisotopic (exact) mass is 611 g/mol. The van der Waals surface area contributed by atoms with Crippen LogP contribution in [0.3, 0.4) is 0 Å². The number of hydrogen-bond donors (Lipinski definition) is 1. The lowest BCUT2D eigenvalue weighted by molar-refractivity contribution is -0.156. The van der Waals surface area contributed by atoms with Crippen LogP contribution in [-0.4, -0.2) is 61.5 Å². The van der Waals surface area contributed by atoms with Crippen LogP contribution < -0.4 is 15.2 Å². The zero-order valence-corrected chi connectivity index (χ0v) is 27.4. The third kappa shape index (κ3) is 15.5. The van der Waals surface area contributed by atoms with Gasteiger partial charge in [-0.05, 0) is 69.1 Å². The van der Waals surface area contributed by atoms with Crippen molar-refractivity contribution in [3.05, 3.63) is 23.8 Å². The fraction of sp³-hybridized carbons (Fsp3) is 0.677. The second-order valence-corrected chi connectivity index (χ2v) is 13.4. The molecule has 0 fully saturated rings. The number of carbonyl (C=O) groups excluding carboxylic acids is 4. The van der Waals surface area contributed by atoms with E-state index in [-0.39, 0.29) is 42.0 Å². The molecule has 0 bridgehead atoms. The smallest absolute Gasteiger partial charge is 0.458 e. The molecule has 0 aromatic heterocycles. The van der Waals surface area contributed by atoms with Gasteiger partial charge in [-0.15, -0.1) is 0 Å². The Morgan fingerprint density at radius 1 is 0.744 bits per heavy atom. The molecule has 1 aromatic carbocycles. The van der Waals surface area contributed by atoms with E-state index >= 15 is 0 Å². The van der Waals surface area contributed by atoms with Gasteiger partial charge in [0.05, 0.1) is 13.2 Å². The van der Waals surface area contributed by atoms with Crippen LogP contribution in [0.25, 0.3) is 0 Å². The third-order valence-corrected chi connectivity index (χ3v) is 5.86. The van der Waals surface area contributed by atoms with E-state index in [4.69, 9.17) is 38.9 Å². The van der Waals surface area contributed by atoms with E-state index in [1.165, 1.54) is 12.1 Å². The van der Waals surface area contributed by atoms with E-state index in [0.29, 0.717) is 12.0 Å². The lowest BCUT2D eigenvalue weighted by atomic mass is 9.99. The minimum absolute atomic E-state index is 0.0182. The number of rotatable bonds is 12. The highest BCUT2D eigenvalue weighted by Crippen LogP contribution is 2.30. The van der Waals surface area contributed by atoms with Crippen molar-refractivity contribution < 1.29 is 52.3 Å². The Balaban J connectivity index is 2.96. The van der Waals surface area contributed by atoms with Crippen LogP contribution in [0, 0.1) is 10.8 Å². The summed E-state index contributed by atoms with van der Waals surface area (Å²) < 4.78 is 36.8. The summed E-state index contributed by atoms with van der Waals surface area (Å²) in [5.74, 6) is -0.971. The molecule has 0 heterocycles. The first kappa shape index (κ1) is 37.5. The molecule has 12 nitrogen and oxygen atoms in total. The van der Waals surface area contributed by atoms with Gasteiger partial charge in [-0.3, -0.25) is 4.79 Å². The molecule has 0 aliphatic carbocycles. The van der Waals surface area contributed by atoms with Crippen molar-refractivity contribution in [3.63, 3.8) is 0 Å². The maximum atomic E-state index is 12.7. The first-order chi connectivity index (χ1) is 19.6. The van der Waals surface area contributed by atoms with E-state index in [9.17, 15) is 19.2 Å². The van der Waals surface area contributed by atoms with Gasteiger partial charge in [-0.2, -0.15) is 0 Å². The average Bonchev–Trinajstić information content (AvgIpc) is 2.86. The van der Waals surface area contributed by atoms with E-state index in [1.807, 2.05) is 48.5 Å². The van der Waals surface area contributed by atoms with Crippen LogP contribution in [-0.2, 0) is 34.9 Å². The predicted octanol–water partition coefficient (Wildman–Crippen LogP) is 6.34. The first-order valence-corrected chi connectivity index (χ1v) is 14.3. The minimum atomic E-state index is -1.12.